The van der Waals surface area contributed by atoms with Crippen molar-refractivity contribution in [3.63, 3.8) is 0 Å². The molecule has 0 amide bonds. The summed E-state index contributed by atoms with van der Waals surface area (Å²) in [5, 5.41) is 0. The first-order valence-electron chi connectivity index (χ1n) is 2.05. The Morgan fingerprint density at radius 3 is 2.14 bits per heavy atom. The molecule has 0 fully saturated rings. The van der Waals surface area contributed by atoms with Crippen molar-refractivity contribution in [2.45, 2.75) is 0 Å². The Bertz CT molecular complexity index is 138. The highest BCUT2D eigenvalue weighted by Gasteiger charge is 1.72. The monoisotopic (exact) mass is 89.0 g/mol. The quantitative estimate of drug-likeness (QED) is 0.403. The maximum Gasteiger partial charge on any atom is 0.113 e. The van der Waals surface area contributed by atoms with Crippen LogP contribution in [0.3, 0.4) is 0 Å². The van der Waals surface area contributed by atoms with E-state index in [9.17, 15) is 0 Å². The van der Waals surface area contributed by atoms with Crippen molar-refractivity contribution >= 4 is 13.3 Å². The lowest BCUT2D eigenvalue weighted by atomic mass is 9.99. The van der Waals surface area contributed by atoms with Gasteiger partial charge in [0.1, 0.15) is 7.85 Å². The Labute approximate surface area is 43.8 Å². The third-order valence-electron chi connectivity index (χ3n) is 0.706. The summed E-state index contributed by atoms with van der Waals surface area (Å²) in [5.74, 6) is 0. The molecule has 1 nitrogen and oxygen atoms in total. The molecule has 1 heterocycles. The molecule has 1 rings (SSSR count). The summed E-state index contributed by atoms with van der Waals surface area (Å²) in [6, 6.07) is 3.50. The fraction of sp³-hybridized carbons (Fsp3) is 0. The average molecular weight is 88.9 g/mol. The van der Waals surface area contributed by atoms with E-state index in [1.165, 1.54) is 0 Å². The van der Waals surface area contributed by atoms with Crippen molar-refractivity contribution in [2.24, 2.45) is 0 Å². The number of pyridine rings is 1. The van der Waals surface area contributed by atoms with Crippen molar-refractivity contribution in [3.05, 3.63) is 24.5 Å². The summed E-state index contributed by atoms with van der Waals surface area (Å²) < 4.78 is 0. The second kappa shape index (κ2) is 1.78. The van der Waals surface area contributed by atoms with Gasteiger partial charge in [0.25, 0.3) is 0 Å². The molecule has 2 heteroatoms. The summed E-state index contributed by atoms with van der Waals surface area (Å²) in [7, 11) is 5.32. The van der Waals surface area contributed by atoms with Gasteiger partial charge in [-0.25, -0.2) is 0 Å². The van der Waals surface area contributed by atoms with Crippen molar-refractivity contribution in [3.8, 4) is 0 Å². The van der Waals surface area contributed by atoms with E-state index < -0.39 is 0 Å². The number of nitrogens with zero attached hydrogens (tertiary/aromatic N) is 1. The molecule has 32 valence electrons. The summed E-state index contributed by atoms with van der Waals surface area (Å²) in [5.41, 5.74) is 0.759. The average Bonchev–Trinajstić information content (AvgIpc) is 1.69. The van der Waals surface area contributed by atoms with Crippen LogP contribution in [0, 0.1) is 0 Å². The standard InChI is InChI=1S/C5H4BN/c6-5-1-3-7-4-2-5/h1-4H. The molecule has 0 saturated heterocycles. The number of aromatic nitrogens is 1. The fourth-order valence-corrected chi connectivity index (χ4v) is 0.363. The van der Waals surface area contributed by atoms with Gasteiger partial charge in [-0.05, 0) is 0 Å². The first kappa shape index (κ1) is 4.38. The molecule has 0 spiro atoms. The minimum Gasteiger partial charge on any atom is -0.265 e. The van der Waals surface area contributed by atoms with Gasteiger partial charge in [0.15, 0.2) is 0 Å². The van der Waals surface area contributed by atoms with Crippen LogP contribution in [0.15, 0.2) is 24.5 Å². The van der Waals surface area contributed by atoms with Gasteiger partial charge in [-0.15, -0.1) is 0 Å². The summed E-state index contributed by atoms with van der Waals surface area (Å²) >= 11 is 0. The van der Waals surface area contributed by atoms with Crippen LogP contribution in [-0.4, -0.2) is 12.8 Å². The lowest BCUT2D eigenvalue weighted by molar-refractivity contribution is 1.34. The normalized spacial score (nSPS) is 8.57. The van der Waals surface area contributed by atoms with Crippen LogP contribution in [0.5, 0.6) is 0 Å². The largest absolute Gasteiger partial charge is 0.265 e. The highest BCUT2D eigenvalue weighted by molar-refractivity contribution is 6.32. The van der Waals surface area contributed by atoms with E-state index in [4.69, 9.17) is 7.85 Å². The molecule has 0 aliphatic heterocycles. The van der Waals surface area contributed by atoms with Crippen molar-refractivity contribution in [2.75, 3.05) is 0 Å². The van der Waals surface area contributed by atoms with Gasteiger partial charge in [-0.3, -0.25) is 4.98 Å². The molecule has 1 aromatic rings. The highest BCUT2D eigenvalue weighted by atomic mass is 14.6. The van der Waals surface area contributed by atoms with Crippen molar-refractivity contribution in [1.82, 2.24) is 4.98 Å². The summed E-state index contributed by atoms with van der Waals surface area (Å²) in [6.45, 7) is 0. The molecule has 1 aromatic heterocycles. The Morgan fingerprint density at radius 2 is 1.86 bits per heavy atom. The molecule has 0 aliphatic carbocycles. The Morgan fingerprint density at radius 1 is 1.29 bits per heavy atom. The predicted octanol–water partition coefficient (Wildman–Crippen LogP) is -0.125. The van der Waals surface area contributed by atoms with E-state index >= 15 is 0 Å². The predicted molar refractivity (Wildman–Crippen MR) is 29.6 cm³/mol. The van der Waals surface area contributed by atoms with E-state index in [0.717, 1.165) is 5.46 Å². The third kappa shape index (κ3) is 1.04. The Kier molecular flexibility index (Phi) is 1.11. The van der Waals surface area contributed by atoms with Crippen molar-refractivity contribution in [1.29, 1.82) is 0 Å². The molecule has 0 atom stereocenters. The van der Waals surface area contributed by atoms with Crippen LogP contribution in [0.25, 0.3) is 0 Å². The molecule has 2 radical (unpaired) electrons. The van der Waals surface area contributed by atoms with Gasteiger partial charge in [0, 0.05) is 12.4 Å². The number of rotatable bonds is 0. The smallest absolute Gasteiger partial charge is 0.113 e. The van der Waals surface area contributed by atoms with Crippen LogP contribution >= 0.6 is 0 Å². The molecule has 0 saturated carbocycles. The molecule has 0 N–H and O–H groups in total. The maximum absolute atomic E-state index is 5.32. The molecule has 0 bridgehead atoms. The topological polar surface area (TPSA) is 12.9 Å². The van der Waals surface area contributed by atoms with Crippen LogP contribution in [0.2, 0.25) is 0 Å². The minimum absolute atomic E-state index is 0.759. The zero-order valence-electron chi connectivity index (χ0n) is 3.83. The van der Waals surface area contributed by atoms with Crippen LogP contribution in [-0.2, 0) is 0 Å². The third-order valence-corrected chi connectivity index (χ3v) is 0.706. The zero-order chi connectivity index (χ0) is 5.11. The van der Waals surface area contributed by atoms with Crippen molar-refractivity contribution < 1.29 is 0 Å². The van der Waals surface area contributed by atoms with E-state index in [1.807, 2.05) is 0 Å². The molecular formula is C5H4BN. The first-order chi connectivity index (χ1) is 3.39. The first-order valence-corrected chi connectivity index (χ1v) is 2.05. The fourth-order valence-electron chi connectivity index (χ4n) is 0.363. The van der Waals surface area contributed by atoms with E-state index in [1.54, 1.807) is 24.5 Å². The maximum atomic E-state index is 5.32. The molecule has 7 heavy (non-hydrogen) atoms. The lowest BCUT2D eigenvalue weighted by Crippen LogP contribution is -1.98. The van der Waals surface area contributed by atoms with Gasteiger partial charge in [0.05, 0.1) is 0 Å². The van der Waals surface area contributed by atoms with Crippen LogP contribution in [0.4, 0.5) is 0 Å². The van der Waals surface area contributed by atoms with Gasteiger partial charge >= 0.3 is 0 Å². The molecular weight excluding hydrogens is 84.9 g/mol. The minimum atomic E-state index is 0.759. The second-order valence-corrected chi connectivity index (χ2v) is 1.28. The summed E-state index contributed by atoms with van der Waals surface area (Å²) in [4.78, 5) is 3.77. The second-order valence-electron chi connectivity index (χ2n) is 1.28. The van der Waals surface area contributed by atoms with Gasteiger partial charge in [0.2, 0.25) is 0 Å². The number of hydrogen-bond acceptors (Lipinski definition) is 1. The van der Waals surface area contributed by atoms with Crippen LogP contribution < -0.4 is 5.46 Å². The Hall–Kier alpha value is -0.785. The molecule has 0 unspecified atom stereocenters. The highest BCUT2D eigenvalue weighted by Crippen LogP contribution is 1.69. The van der Waals surface area contributed by atoms with Gasteiger partial charge < -0.3 is 0 Å². The molecule has 0 aromatic carbocycles. The summed E-state index contributed by atoms with van der Waals surface area (Å²) in [6.07, 6.45) is 3.32. The van der Waals surface area contributed by atoms with Gasteiger partial charge in [-0.1, -0.05) is 17.6 Å². The SMILES string of the molecule is [B]c1ccncc1. The van der Waals surface area contributed by atoms with E-state index in [2.05, 4.69) is 4.98 Å². The van der Waals surface area contributed by atoms with E-state index in [0.29, 0.717) is 0 Å². The van der Waals surface area contributed by atoms with Crippen LogP contribution in [0.1, 0.15) is 0 Å². The zero-order valence-corrected chi connectivity index (χ0v) is 3.83. The van der Waals surface area contributed by atoms with Gasteiger partial charge in [-0.2, -0.15) is 0 Å². The molecule has 0 aliphatic rings. The lowest BCUT2D eigenvalue weighted by Gasteiger charge is -1.82. The number of hydrogen-bond donors (Lipinski definition) is 0. The Balaban J connectivity index is 3.02. The van der Waals surface area contributed by atoms with E-state index in [-0.39, 0.29) is 0 Å².